The SMILES string of the molecule is CCC(C)NC(=O)c1coc(CN(Cc2cccc(C(F)(F)F)c2)Cc2cccs2)n1. The van der Waals surface area contributed by atoms with Gasteiger partial charge in [0.15, 0.2) is 5.69 Å². The second kappa shape index (κ2) is 10.1. The first-order valence-corrected chi connectivity index (χ1v) is 10.8. The lowest BCUT2D eigenvalue weighted by molar-refractivity contribution is -0.137. The van der Waals surface area contributed by atoms with Gasteiger partial charge in [0.2, 0.25) is 5.89 Å². The largest absolute Gasteiger partial charge is 0.447 e. The third-order valence-electron chi connectivity index (χ3n) is 4.75. The Bertz CT molecular complexity index is 986. The normalized spacial score (nSPS) is 12.8. The van der Waals surface area contributed by atoms with Gasteiger partial charge in [0.25, 0.3) is 5.91 Å². The van der Waals surface area contributed by atoms with Crippen LogP contribution in [0.3, 0.4) is 0 Å². The van der Waals surface area contributed by atoms with E-state index in [1.165, 1.54) is 12.3 Å². The van der Waals surface area contributed by atoms with Gasteiger partial charge in [-0.2, -0.15) is 13.2 Å². The average Bonchev–Trinajstić information content (AvgIpc) is 3.39. The number of amides is 1. The number of aromatic nitrogens is 1. The number of oxazole rings is 1. The number of hydrogen-bond donors (Lipinski definition) is 1. The molecule has 1 aromatic carbocycles. The molecule has 2 aromatic heterocycles. The molecule has 1 unspecified atom stereocenters. The number of alkyl halides is 3. The van der Waals surface area contributed by atoms with E-state index in [1.54, 1.807) is 17.4 Å². The maximum atomic E-state index is 13.1. The van der Waals surface area contributed by atoms with Crippen molar-refractivity contribution < 1.29 is 22.4 Å². The topological polar surface area (TPSA) is 58.4 Å². The maximum Gasteiger partial charge on any atom is 0.416 e. The van der Waals surface area contributed by atoms with Crippen LogP contribution in [0.4, 0.5) is 13.2 Å². The van der Waals surface area contributed by atoms with Gasteiger partial charge >= 0.3 is 6.18 Å². The lowest BCUT2D eigenvalue weighted by atomic mass is 10.1. The molecule has 0 aliphatic carbocycles. The number of nitrogens with zero attached hydrogens (tertiary/aromatic N) is 2. The van der Waals surface area contributed by atoms with Crippen molar-refractivity contribution in [1.29, 1.82) is 0 Å². The molecular formula is C22H24F3N3O2S. The van der Waals surface area contributed by atoms with Crippen molar-refractivity contribution in [3.8, 4) is 0 Å². The zero-order valence-electron chi connectivity index (χ0n) is 17.3. The molecule has 3 aromatic rings. The summed E-state index contributed by atoms with van der Waals surface area (Å²) in [6.07, 6.45) is -2.29. The number of benzene rings is 1. The van der Waals surface area contributed by atoms with Crippen LogP contribution in [0.15, 0.2) is 52.5 Å². The van der Waals surface area contributed by atoms with E-state index in [0.717, 1.165) is 23.4 Å². The van der Waals surface area contributed by atoms with Gasteiger partial charge in [-0.25, -0.2) is 4.98 Å². The van der Waals surface area contributed by atoms with Crippen molar-refractivity contribution in [3.05, 3.63) is 75.6 Å². The molecule has 31 heavy (non-hydrogen) atoms. The van der Waals surface area contributed by atoms with Gasteiger partial charge in [0, 0.05) is 24.0 Å². The van der Waals surface area contributed by atoms with E-state index in [9.17, 15) is 18.0 Å². The van der Waals surface area contributed by atoms with Crippen LogP contribution in [-0.2, 0) is 25.8 Å². The van der Waals surface area contributed by atoms with Gasteiger partial charge in [-0.1, -0.05) is 31.2 Å². The monoisotopic (exact) mass is 451 g/mol. The van der Waals surface area contributed by atoms with E-state index in [2.05, 4.69) is 10.3 Å². The first-order valence-electron chi connectivity index (χ1n) is 9.90. The first-order chi connectivity index (χ1) is 14.7. The van der Waals surface area contributed by atoms with Crippen molar-refractivity contribution in [2.45, 2.75) is 52.1 Å². The van der Waals surface area contributed by atoms with Gasteiger partial charge in [0.1, 0.15) is 6.26 Å². The van der Waals surface area contributed by atoms with Crippen molar-refractivity contribution in [2.24, 2.45) is 0 Å². The highest BCUT2D eigenvalue weighted by Gasteiger charge is 2.30. The Hall–Kier alpha value is -2.65. The van der Waals surface area contributed by atoms with Gasteiger partial charge < -0.3 is 9.73 Å². The number of carbonyl (C=O) groups is 1. The molecule has 0 fully saturated rings. The molecule has 3 rings (SSSR count). The van der Waals surface area contributed by atoms with Crippen LogP contribution < -0.4 is 5.32 Å². The maximum absolute atomic E-state index is 13.1. The molecule has 9 heteroatoms. The molecule has 5 nitrogen and oxygen atoms in total. The first kappa shape index (κ1) is 23.0. The summed E-state index contributed by atoms with van der Waals surface area (Å²) in [6, 6.07) is 9.19. The number of rotatable bonds is 9. The Morgan fingerprint density at radius 1 is 1.23 bits per heavy atom. The summed E-state index contributed by atoms with van der Waals surface area (Å²) >= 11 is 1.56. The highest BCUT2D eigenvalue weighted by Crippen LogP contribution is 2.30. The standard InChI is InChI=1S/C22H24F3N3O2S/c1-3-15(2)26-21(29)19-14-30-20(27-19)13-28(12-18-8-5-9-31-18)11-16-6-4-7-17(10-16)22(23,24)25/h4-10,14-15H,3,11-13H2,1-2H3,(H,26,29). The van der Waals surface area contributed by atoms with Crippen LogP contribution in [0.5, 0.6) is 0 Å². The smallest absolute Gasteiger partial charge is 0.416 e. The van der Waals surface area contributed by atoms with Gasteiger partial charge in [0.05, 0.1) is 12.1 Å². The molecular weight excluding hydrogens is 427 g/mol. The Kier molecular flexibility index (Phi) is 7.50. The number of thiophene rings is 1. The lowest BCUT2D eigenvalue weighted by Gasteiger charge is -2.21. The molecule has 0 saturated carbocycles. The molecule has 0 spiro atoms. The minimum Gasteiger partial charge on any atom is -0.447 e. The molecule has 166 valence electrons. The molecule has 0 aliphatic heterocycles. The Morgan fingerprint density at radius 2 is 2.03 bits per heavy atom. The van der Waals surface area contributed by atoms with Crippen molar-refractivity contribution in [1.82, 2.24) is 15.2 Å². The second-order valence-electron chi connectivity index (χ2n) is 7.33. The summed E-state index contributed by atoms with van der Waals surface area (Å²) in [6.45, 7) is 4.92. The number of hydrogen-bond acceptors (Lipinski definition) is 5. The highest BCUT2D eigenvalue weighted by molar-refractivity contribution is 7.09. The van der Waals surface area contributed by atoms with Crippen LogP contribution in [0.2, 0.25) is 0 Å². The quantitative estimate of drug-likeness (QED) is 0.468. The summed E-state index contributed by atoms with van der Waals surface area (Å²) in [5.41, 5.74) is 0.0410. The van der Waals surface area contributed by atoms with Crippen molar-refractivity contribution in [2.75, 3.05) is 0 Å². The minimum absolute atomic E-state index is 0.0175. The molecule has 1 amide bonds. The second-order valence-corrected chi connectivity index (χ2v) is 8.36. The Balaban J connectivity index is 1.75. The van der Waals surface area contributed by atoms with E-state index in [0.29, 0.717) is 18.0 Å². The minimum atomic E-state index is -4.39. The molecule has 2 heterocycles. The van der Waals surface area contributed by atoms with Crippen LogP contribution >= 0.6 is 11.3 Å². The predicted octanol–water partition coefficient (Wildman–Crippen LogP) is 5.49. The van der Waals surface area contributed by atoms with E-state index in [4.69, 9.17) is 4.42 Å². The van der Waals surface area contributed by atoms with Crippen molar-refractivity contribution >= 4 is 17.2 Å². The van der Waals surface area contributed by atoms with Crippen LogP contribution in [0.1, 0.15) is 52.7 Å². The summed E-state index contributed by atoms with van der Waals surface area (Å²) < 4.78 is 44.7. The predicted molar refractivity (Wildman–Crippen MR) is 112 cm³/mol. The zero-order chi connectivity index (χ0) is 22.4. The summed E-state index contributed by atoms with van der Waals surface area (Å²) in [5, 5.41) is 4.77. The molecule has 0 bridgehead atoms. The molecule has 1 N–H and O–H groups in total. The van der Waals surface area contributed by atoms with Crippen LogP contribution in [0, 0.1) is 0 Å². The third-order valence-corrected chi connectivity index (χ3v) is 5.61. The number of halogens is 3. The summed E-state index contributed by atoms with van der Waals surface area (Å²) in [7, 11) is 0. The zero-order valence-corrected chi connectivity index (χ0v) is 18.1. The van der Waals surface area contributed by atoms with Crippen LogP contribution in [-0.4, -0.2) is 21.8 Å². The van der Waals surface area contributed by atoms with E-state index in [-0.39, 0.29) is 30.7 Å². The van der Waals surface area contributed by atoms with Crippen molar-refractivity contribution in [3.63, 3.8) is 0 Å². The average molecular weight is 452 g/mol. The summed E-state index contributed by atoms with van der Waals surface area (Å²) in [5.74, 6) is 0.0184. The number of carbonyl (C=O) groups excluding carboxylic acids is 1. The van der Waals surface area contributed by atoms with Crippen LogP contribution in [0.25, 0.3) is 0 Å². The Morgan fingerprint density at radius 3 is 2.71 bits per heavy atom. The fourth-order valence-corrected chi connectivity index (χ4v) is 3.72. The fourth-order valence-electron chi connectivity index (χ4n) is 2.97. The van der Waals surface area contributed by atoms with E-state index >= 15 is 0 Å². The highest BCUT2D eigenvalue weighted by atomic mass is 32.1. The molecule has 0 radical (unpaired) electrons. The molecule has 0 saturated heterocycles. The van der Waals surface area contributed by atoms with E-state index < -0.39 is 11.7 Å². The van der Waals surface area contributed by atoms with E-state index in [1.807, 2.05) is 36.3 Å². The lowest BCUT2D eigenvalue weighted by Crippen LogP contribution is -2.32. The fraction of sp³-hybridized carbons (Fsp3) is 0.364. The van der Waals surface area contributed by atoms with Gasteiger partial charge in [-0.05, 0) is 36.4 Å². The van der Waals surface area contributed by atoms with Gasteiger partial charge in [-0.15, -0.1) is 11.3 Å². The third kappa shape index (κ3) is 6.67. The van der Waals surface area contributed by atoms with Gasteiger partial charge in [-0.3, -0.25) is 9.69 Å². The molecule has 1 atom stereocenters. The number of nitrogens with one attached hydrogen (secondary N) is 1. The summed E-state index contributed by atoms with van der Waals surface area (Å²) in [4.78, 5) is 19.5. The molecule has 0 aliphatic rings. The Labute approximate surface area is 182 Å².